The molecule has 0 spiro atoms. The van der Waals surface area contributed by atoms with Crippen LogP contribution in [0, 0.1) is 18.6 Å². The lowest BCUT2D eigenvalue weighted by Gasteiger charge is -2.22. The van der Waals surface area contributed by atoms with Crippen molar-refractivity contribution in [3.8, 4) is 0 Å². The average Bonchev–Trinajstić information content (AvgIpc) is 2.91. The van der Waals surface area contributed by atoms with Gasteiger partial charge in [0.1, 0.15) is 5.83 Å². The summed E-state index contributed by atoms with van der Waals surface area (Å²) < 4.78 is 41.9. The Kier molecular flexibility index (Phi) is 15.3. The normalized spacial score (nSPS) is 13.3. The molecule has 2 rings (SSSR count). The second kappa shape index (κ2) is 17.3. The molecule has 0 bridgehead atoms. The number of allylic oxidation sites excluding steroid dienone is 6. The fourth-order valence-corrected chi connectivity index (χ4v) is 4.71. The van der Waals surface area contributed by atoms with Crippen molar-refractivity contribution in [2.24, 2.45) is 4.99 Å². The first kappa shape index (κ1) is 35.4. The third-order valence-electron chi connectivity index (χ3n) is 7.06. The molecular formula is C35H47ClF3N. The minimum absolute atomic E-state index is 0.205. The number of hydrogen-bond acceptors (Lipinski definition) is 1. The summed E-state index contributed by atoms with van der Waals surface area (Å²) in [6, 6.07) is 9.34. The number of aryl methyl sites for hydroxylation is 2. The fraction of sp³-hybridized carbons (Fsp3) is 0.457. The van der Waals surface area contributed by atoms with E-state index in [0.717, 1.165) is 48.9 Å². The van der Waals surface area contributed by atoms with Gasteiger partial charge in [0.2, 0.25) is 0 Å². The van der Waals surface area contributed by atoms with Gasteiger partial charge in [0.15, 0.2) is 11.6 Å². The predicted octanol–water partition coefficient (Wildman–Crippen LogP) is 12.3. The van der Waals surface area contributed by atoms with Crippen LogP contribution in [-0.4, -0.2) is 5.71 Å². The molecule has 1 nitrogen and oxygen atoms in total. The fourth-order valence-electron chi connectivity index (χ4n) is 4.54. The molecule has 0 amide bonds. The van der Waals surface area contributed by atoms with Crippen molar-refractivity contribution in [2.75, 3.05) is 0 Å². The van der Waals surface area contributed by atoms with Gasteiger partial charge in [0, 0.05) is 16.6 Å². The van der Waals surface area contributed by atoms with Crippen molar-refractivity contribution in [1.29, 1.82) is 0 Å². The van der Waals surface area contributed by atoms with Gasteiger partial charge in [-0.05, 0) is 113 Å². The van der Waals surface area contributed by atoms with Gasteiger partial charge >= 0.3 is 0 Å². The Labute approximate surface area is 246 Å². The molecule has 0 aliphatic carbocycles. The Morgan fingerprint density at radius 1 is 0.975 bits per heavy atom. The van der Waals surface area contributed by atoms with Gasteiger partial charge in [-0.25, -0.2) is 13.2 Å². The molecule has 2 aromatic rings. The quantitative estimate of drug-likeness (QED) is 0.251. The van der Waals surface area contributed by atoms with Crippen LogP contribution >= 0.6 is 11.6 Å². The largest absolute Gasteiger partial charge is 0.256 e. The van der Waals surface area contributed by atoms with Crippen molar-refractivity contribution < 1.29 is 13.2 Å². The highest BCUT2D eigenvalue weighted by Gasteiger charge is 2.21. The van der Waals surface area contributed by atoms with Gasteiger partial charge in [0.25, 0.3) is 0 Å². The van der Waals surface area contributed by atoms with Crippen LogP contribution in [0.25, 0.3) is 5.57 Å². The molecule has 5 heteroatoms. The summed E-state index contributed by atoms with van der Waals surface area (Å²) >= 11 is 6.28. The van der Waals surface area contributed by atoms with Gasteiger partial charge in [-0.3, -0.25) is 4.99 Å². The minimum atomic E-state index is -0.751. The van der Waals surface area contributed by atoms with Gasteiger partial charge in [0.05, 0.1) is 5.71 Å². The van der Waals surface area contributed by atoms with E-state index in [1.165, 1.54) is 11.1 Å². The number of hydrogen-bond donors (Lipinski definition) is 0. The van der Waals surface area contributed by atoms with Crippen molar-refractivity contribution in [1.82, 2.24) is 0 Å². The van der Waals surface area contributed by atoms with E-state index in [1.807, 2.05) is 45.9 Å². The van der Waals surface area contributed by atoms with Crippen LogP contribution in [0.4, 0.5) is 13.2 Å². The van der Waals surface area contributed by atoms with Crippen LogP contribution < -0.4 is 0 Å². The molecular weight excluding hydrogens is 527 g/mol. The maximum Gasteiger partial charge on any atom is 0.162 e. The van der Waals surface area contributed by atoms with Crippen LogP contribution in [0.1, 0.15) is 116 Å². The topological polar surface area (TPSA) is 12.4 Å². The van der Waals surface area contributed by atoms with Crippen molar-refractivity contribution in [3.05, 3.63) is 98.0 Å². The molecule has 40 heavy (non-hydrogen) atoms. The summed E-state index contributed by atoms with van der Waals surface area (Å²) in [5.41, 5.74) is 7.38. The zero-order chi connectivity index (χ0) is 30.6. The number of rotatable bonds is 10. The smallest absolute Gasteiger partial charge is 0.162 e. The zero-order valence-corrected chi connectivity index (χ0v) is 26.8. The Balaban J connectivity index is 0.000000520. The van der Waals surface area contributed by atoms with E-state index in [9.17, 15) is 13.2 Å². The third-order valence-corrected chi connectivity index (χ3v) is 7.29. The molecule has 220 valence electrons. The van der Waals surface area contributed by atoms with E-state index in [0.29, 0.717) is 27.4 Å². The summed E-state index contributed by atoms with van der Waals surface area (Å²) in [7, 11) is 0. The molecule has 0 aliphatic heterocycles. The van der Waals surface area contributed by atoms with E-state index in [-0.39, 0.29) is 11.7 Å². The highest BCUT2D eigenvalue weighted by atomic mass is 35.5. The Morgan fingerprint density at radius 3 is 2.17 bits per heavy atom. The Hall–Kier alpha value is -2.59. The van der Waals surface area contributed by atoms with Crippen molar-refractivity contribution >= 4 is 22.9 Å². The summed E-state index contributed by atoms with van der Waals surface area (Å²) in [5, 5.41) is 0.698. The first-order chi connectivity index (χ1) is 18.8. The third kappa shape index (κ3) is 10.1. The average molecular weight is 574 g/mol. The second-order valence-corrected chi connectivity index (χ2v) is 10.9. The number of halogens is 4. The molecule has 0 saturated carbocycles. The zero-order valence-electron chi connectivity index (χ0n) is 26.0. The summed E-state index contributed by atoms with van der Waals surface area (Å²) in [6.07, 6.45) is 6.81. The van der Waals surface area contributed by atoms with Crippen molar-refractivity contribution in [2.45, 2.75) is 107 Å². The first-order valence-corrected chi connectivity index (χ1v) is 14.7. The summed E-state index contributed by atoms with van der Waals surface area (Å²) in [5.74, 6) is -1.91. The van der Waals surface area contributed by atoms with Crippen molar-refractivity contribution in [3.63, 3.8) is 0 Å². The van der Waals surface area contributed by atoms with Crippen LogP contribution in [-0.2, 0) is 6.42 Å². The van der Waals surface area contributed by atoms with Gasteiger partial charge < -0.3 is 0 Å². The highest BCUT2D eigenvalue weighted by Crippen LogP contribution is 2.37. The second-order valence-electron chi connectivity index (χ2n) is 10.5. The van der Waals surface area contributed by atoms with Crippen LogP contribution in [0.3, 0.4) is 0 Å². The monoisotopic (exact) mass is 573 g/mol. The Bertz CT molecular complexity index is 1260. The molecule has 0 saturated heterocycles. The molecule has 0 N–H and O–H groups in total. The van der Waals surface area contributed by atoms with E-state index in [1.54, 1.807) is 39.8 Å². The van der Waals surface area contributed by atoms with Gasteiger partial charge in [-0.1, -0.05) is 75.6 Å². The lowest BCUT2D eigenvalue weighted by atomic mass is 9.84. The Morgan fingerprint density at radius 2 is 1.62 bits per heavy atom. The number of unbranched alkanes of at least 4 members (excludes halogenated alkanes) is 1. The number of nitrogens with zero attached hydrogens (tertiary/aromatic N) is 1. The molecule has 0 unspecified atom stereocenters. The maximum atomic E-state index is 14.6. The predicted molar refractivity (Wildman–Crippen MR) is 169 cm³/mol. The summed E-state index contributed by atoms with van der Waals surface area (Å²) in [6.45, 7) is 18.9. The van der Waals surface area contributed by atoms with E-state index in [4.69, 9.17) is 11.6 Å². The highest BCUT2D eigenvalue weighted by molar-refractivity contribution is 6.30. The number of benzene rings is 2. The molecule has 1 atom stereocenters. The molecule has 0 aromatic heterocycles. The van der Waals surface area contributed by atoms with Crippen LogP contribution in [0.5, 0.6) is 0 Å². The molecule has 0 radical (unpaired) electrons. The van der Waals surface area contributed by atoms with Crippen LogP contribution in [0.15, 0.2) is 64.1 Å². The lowest BCUT2D eigenvalue weighted by molar-refractivity contribution is 0.490. The van der Waals surface area contributed by atoms with Gasteiger partial charge in [-0.15, -0.1) is 0 Å². The van der Waals surface area contributed by atoms with E-state index >= 15 is 0 Å². The minimum Gasteiger partial charge on any atom is -0.256 e. The maximum absolute atomic E-state index is 14.6. The molecule has 0 fully saturated rings. The SMILES string of the molecule is CC/C=C(\C)N=C(C)C(F)=C(C)C.CCCC/C(=C(/C)[C@@H](C)c1ccc(C)c(F)c1F)c1cc(Cl)ccc1CC. The van der Waals surface area contributed by atoms with Gasteiger partial charge in [-0.2, -0.15) is 0 Å². The molecule has 0 heterocycles. The molecule has 0 aliphatic rings. The summed E-state index contributed by atoms with van der Waals surface area (Å²) in [4.78, 5) is 4.13. The molecule has 2 aromatic carbocycles. The van der Waals surface area contributed by atoms with Crippen LogP contribution in [0.2, 0.25) is 5.02 Å². The van der Waals surface area contributed by atoms with E-state index < -0.39 is 11.6 Å². The first-order valence-electron chi connectivity index (χ1n) is 14.3. The van der Waals surface area contributed by atoms with E-state index in [2.05, 4.69) is 24.9 Å². The number of aliphatic imine (C=N–C) groups is 1. The standard InChI is InChI=1S/C24H29ClF2.C11H18FN/c1-6-8-9-20(22-14-19(25)12-11-18(22)7-2)16(4)17(5)21-13-10-15(3)23(26)24(21)27;1-6-7-9(4)13-10(5)11(12)8(2)3/h10-14,17H,6-9H2,1-5H3;7H,6H2,1-5H3/b20-16+;9-7+,13-10?/t17-;/m1./s1. The lowest BCUT2D eigenvalue weighted by Crippen LogP contribution is -2.06.